The normalized spacial score (nSPS) is 13.7. The van der Waals surface area contributed by atoms with Gasteiger partial charge in [0.2, 0.25) is 0 Å². The summed E-state index contributed by atoms with van der Waals surface area (Å²) < 4.78 is 1.88. The minimum Gasteiger partial charge on any atom is -0.308 e. The van der Waals surface area contributed by atoms with E-state index in [1.807, 2.05) is 46.8 Å². The molecule has 0 atom stereocenters. The average Bonchev–Trinajstić information content (AvgIpc) is 3.37. The highest BCUT2D eigenvalue weighted by Crippen LogP contribution is 2.30. The lowest BCUT2D eigenvalue weighted by Gasteiger charge is -2.29. The highest BCUT2D eigenvalue weighted by Gasteiger charge is 2.26. The molecule has 4 aromatic rings. The topological polar surface area (TPSA) is 51.0 Å². The van der Waals surface area contributed by atoms with E-state index in [4.69, 9.17) is 0 Å². The van der Waals surface area contributed by atoms with Gasteiger partial charge in [0.25, 0.3) is 5.91 Å². The molecule has 5 nitrogen and oxygen atoms in total. The molecular weight excluding hydrogens is 368 g/mol. The fourth-order valence-corrected chi connectivity index (χ4v) is 4.59. The van der Waals surface area contributed by atoms with E-state index in [0.29, 0.717) is 12.1 Å². The first-order valence-electron chi connectivity index (χ1n) is 9.46. The van der Waals surface area contributed by atoms with Gasteiger partial charge in [0.15, 0.2) is 5.65 Å². The number of fused-ring (bicyclic) bond motifs is 2. The van der Waals surface area contributed by atoms with Gasteiger partial charge < -0.3 is 4.90 Å². The van der Waals surface area contributed by atoms with E-state index in [2.05, 4.69) is 27.6 Å². The number of carbonyl (C=O) groups excluding carboxylic acids is 1. The lowest BCUT2D eigenvalue weighted by atomic mass is 10.0. The SMILES string of the molecule is Cc1cc(C(=O)N2CCCc3ccccc32)c2cnn(Cc3cccs3)c2n1. The summed E-state index contributed by atoms with van der Waals surface area (Å²) in [6, 6.07) is 14.2. The monoisotopic (exact) mass is 388 g/mol. The van der Waals surface area contributed by atoms with Crippen LogP contribution >= 0.6 is 11.3 Å². The molecule has 0 saturated heterocycles. The molecule has 0 N–H and O–H groups in total. The predicted octanol–water partition coefficient (Wildman–Crippen LogP) is 4.44. The van der Waals surface area contributed by atoms with Gasteiger partial charge in [0.1, 0.15) is 0 Å². The summed E-state index contributed by atoms with van der Waals surface area (Å²) in [6.45, 7) is 3.34. The maximum atomic E-state index is 13.5. The molecular formula is C22H20N4OS. The van der Waals surface area contributed by atoms with Crippen LogP contribution in [0, 0.1) is 6.92 Å². The standard InChI is InChI=1S/C22H20N4OS/c1-15-12-18(22(27)25-10-4-7-16-6-2-3-9-20(16)25)19-13-23-26(21(19)24-15)14-17-8-5-11-28-17/h2-3,5-6,8-9,11-13H,4,7,10,14H2,1H3. The van der Waals surface area contributed by atoms with Gasteiger partial charge in [0.05, 0.1) is 23.7 Å². The lowest BCUT2D eigenvalue weighted by molar-refractivity contribution is 0.0986. The van der Waals surface area contributed by atoms with Crippen LogP contribution in [-0.2, 0) is 13.0 Å². The Hall–Kier alpha value is -2.99. The number of anilines is 1. The number of para-hydroxylation sites is 1. The summed E-state index contributed by atoms with van der Waals surface area (Å²) in [4.78, 5) is 21.3. The highest BCUT2D eigenvalue weighted by molar-refractivity contribution is 7.09. The Morgan fingerprint density at radius 3 is 2.96 bits per heavy atom. The molecule has 0 aliphatic carbocycles. The van der Waals surface area contributed by atoms with E-state index in [1.54, 1.807) is 17.5 Å². The summed E-state index contributed by atoms with van der Waals surface area (Å²) >= 11 is 1.70. The van der Waals surface area contributed by atoms with Crippen molar-refractivity contribution < 1.29 is 4.79 Å². The number of thiophene rings is 1. The van der Waals surface area contributed by atoms with E-state index in [0.717, 1.165) is 41.8 Å². The molecule has 0 radical (unpaired) electrons. The number of carbonyl (C=O) groups is 1. The lowest BCUT2D eigenvalue weighted by Crippen LogP contribution is -2.35. The molecule has 28 heavy (non-hydrogen) atoms. The van der Waals surface area contributed by atoms with E-state index >= 15 is 0 Å². The van der Waals surface area contributed by atoms with Crippen molar-refractivity contribution in [1.29, 1.82) is 0 Å². The summed E-state index contributed by atoms with van der Waals surface area (Å²) in [5.74, 6) is 0.0262. The van der Waals surface area contributed by atoms with Crippen molar-refractivity contribution in [3.63, 3.8) is 0 Å². The molecule has 1 aromatic carbocycles. The number of nitrogens with zero attached hydrogens (tertiary/aromatic N) is 4. The second-order valence-corrected chi connectivity index (χ2v) is 8.15. The highest BCUT2D eigenvalue weighted by atomic mass is 32.1. The van der Waals surface area contributed by atoms with Crippen LogP contribution in [0.15, 0.2) is 54.0 Å². The number of aromatic nitrogens is 3. The third-order valence-corrected chi connectivity index (χ3v) is 6.07. The van der Waals surface area contributed by atoms with Gasteiger partial charge in [0, 0.05) is 22.8 Å². The van der Waals surface area contributed by atoms with Crippen molar-refractivity contribution in [3.05, 3.63) is 75.7 Å². The molecule has 0 saturated carbocycles. The first-order chi connectivity index (χ1) is 13.7. The van der Waals surface area contributed by atoms with Crippen LogP contribution in [0.4, 0.5) is 5.69 Å². The molecule has 1 aliphatic rings. The zero-order valence-electron chi connectivity index (χ0n) is 15.6. The molecule has 4 heterocycles. The third kappa shape index (κ3) is 2.90. The summed E-state index contributed by atoms with van der Waals surface area (Å²) in [5.41, 5.74) is 4.53. The Kier molecular flexibility index (Phi) is 4.20. The minimum atomic E-state index is 0.0262. The van der Waals surface area contributed by atoms with E-state index < -0.39 is 0 Å². The third-order valence-electron chi connectivity index (χ3n) is 5.21. The van der Waals surface area contributed by atoms with Crippen LogP contribution < -0.4 is 4.90 Å². The molecule has 0 unspecified atom stereocenters. The molecule has 0 bridgehead atoms. The Morgan fingerprint density at radius 2 is 2.11 bits per heavy atom. The zero-order valence-corrected chi connectivity index (χ0v) is 16.4. The fourth-order valence-electron chi connectivity index (χ4n) is 3.91. The number of hydrogen-bond acceptors (Lipinski definition) is 4. The Labute approximate surface area is 167 Å². The Balaban J connectivity index is 1.58. The number of amides is 1. The molecule has 3 aromatic heterocycles. The molecule has 1 aliphatic heterocycles. The molecule has 5 rings (SSSR count). The average molecular weight is 388 g/mol. The number of pyridine rings is 1. The molecule has 0 spiro atoms. The van der Waals surface area contributed by atoms with E-state index in [9.17, 15) is 4.79 Å². The Morgan fingerprint density at radius 1 is 1.21 bits per heavy atom. The van der Waals surface area contributed by atoms with Gasteiger partial charge in [-0.25, -0.2) is 9.67 Å². The van der Waals surface area contributed by atoms with Gasteiger partial charge in [-0.1, -0.05) is 24.3 Å². The maximum absolute atomic E-state index is 13.5. The number of hydrogen-bond donors (Lipinski definition) is 0. The minimum absolute atomic E-state index is 0.0262. The van der Waals surface area contributed by atoms with Gasteiger partial charge in [-0.15, -0.1) is 11.3 Å². The van der Waals surface area contributed by atoms with Crippen molar-refractivity contribution in [3.8, 4) is 0 Å². The van der Waals surface area contributed by atoms with Crippen LogP contribution in [-0.4, -0.2) is 27.2 Å². The van der Waals surface area contributed by atoms with Gasteiger partial charge in [-0.3, -0.25) is 4.79 Å². The summed E-state index contributed by atoms with van der Waals surface area (Å²) in [7, 11) is 0. The quantitative estimate of drug-likeness (QED) is 0.521. The van der Waals surface area contributed by atoms with Gasteiger partial charge >= 0.3 is 0 Å². The van der Waals surface area contributed by atoms with Crippen molar-refractivity contribution in [2.45, 2.75) is 26.3 Å². The maximum Gasteiger partial charge on any atom is 0.259 e. The van der Waals surface area contributed by atoms with Crippen LogP contribution in [0.25, 0.3) is 11.0 Å². The second kappa shape index (κ2) is 6.87. The van der Waals surface area contributed by atoms with Crippen LogP contribution in [0.1, 0.15) is 32.9 Å². The first kappa shape index (κ1) is 17.1. The van der Waals surface area contributed by atoms with Crippen molar-refractivity contribution in [1.82, 2.24) is 14.8 Å². The van der Waals surface area contributed by atoms with Gasteiger partial charge in [-0.05, 0) is 48.9 Å². The van der Waals surface area contributed by atoms with Crippen molar-refractivity contribution in [2.75, 3.05) is 11.4 Å². The number of rotatable bonds is 3. The molecule has 0 fully saturated rings. The fraction of sp³-hybridized carbons (Fsp3) is 0.227. The van der Waals surface area contributed by atoms with E-state index in [-0.39, 0.29) is 5.91 Å². The smallest absolute Gasteiger partial charge is 0.259 e. The van der Waals surface area contributed by atoms with Crippen LogP contribution in [0.2, 0.25) is 0 Å². The van der Waals surface area contributed by atoms with E-state index in [1.165, 1.54) is 10.4 Å². The molecule has 140 valence electrons. The van der Waals surface area contributed by atoms with Crippen molar-refractivity contribution >= 4 is 34.0 Å². The number of benzene rings is 1. The van der Waals surface area contributed by atoms with Gasteiger partial charge in [-0.2, -0.15) is 5.10 Å². The second-order valence-electron chi connectivity index (χ2n) is 7.12. The predicted molar refractivity (Wildman–Crippen MR) is 112 cm³/mol. The summed E-state index contributed by atoms with van der Waals surface area (Å²) in [6.07, 6.45) is 3.77. The van der Waals surface area contributed by atoms with Crippen LogP contribution in [0.3, 0.4) is 0 Å². The molecule has 1 amide bonds. The molecule has 6 heteroatoms. The first-order valence-corrected chi connectivity index (χ1v) is 10.3. The largest absolute Gasteiger partial charge is 0.308 e. The zero-order chi connectivity index (χ0) is 19.1. The van der Waals surface area contributed by atoms with Crippen molar-refractivity contribution in [2.24, 2.45) is 0 Å². The number of aryl methyl sites for hydroxylation is 2. The summed E-state index contributed by atoms with van der Waals surface area (Å²) in [5, 5.41) is 7.41. The van der Waals surface area contributed by atoms with Crippen LogP contribution in [0.5, 0.6) is 0 Å². The Bertz CT molecular complexity index is 1160.